The average Bonchev–Trinajstić information content (AvgIpc) is 3.21. The Kier molecular flexibility index (Phi) is 2.37. The molecule has 2 N–H and O–H groups in total. The van der Waals surface area contributed by atoms with Gasteiger partial charge in [-0.2, -0.15) is 0 Å². The second kappa shape index (κ2) is 3.85. The molecule has 1 aromatic carbocycles. The van der Waals surface area contributed by atoms with E-state index < -0.39 is 0 Å². The van der Waals surface area contributed by atoms with E-state index in [2.05, 4.69) is 50.3 Å². The molecule has 2 aromatic rings. The normalized spacial score (nSPS) is 19.9. The number of hydrogen-bond acceptors (Lipinski definition) is 2. The van der Waals surface area contributed by atoms with Gasteiger partial charge in [0.25, 0.3) is 0 Å². The van der Waals surface area contributed by atoms with Gasteiger partial charge in [0.05, 0.1) is 11.0 Å². The molecule has 18 heavy (non-hydrogen) atoms. The third kappa shape index (κ3) is 1.73. The molecule has 0 aliphatic heterocycles. The van der Waals surface area contributed by atoms with Crippen LogP contribution in [0.15, 0.2) is 18.2 Å². The first kappa shape index (κ1) is 11.1. The summed E-state index contributed by atoms with van der Waals surface area (Å²) in [6, 6.07) is 7.06. The molecule has 0 saturated heterocycles. The van der Waals surface area contributed by atoms with Crippen molar-refractivity contribution < 1.29 is 0 Å². The van der Waals surface area contributed by atoms with Gasteiger partial charge in [-0.15, -0.1) is 0 Å². The Bertz CT molecular complexity index is 599. The minimum Gasteiger partial charge on any atom is -0.369 e. The third-order valence-corrected chi connectivity index (χ3v) is 4.86. The van der Waals surface area contributed by atoms with Crippen LogP contribution in [0.3, 0.4) is 0 Å². The van der Waals surface area contributed by atoms with Crippen molar-refractivity contribution in [2.75, 3.05) is 5.73 Å². The van der Waals surface area contributed by atoms with Crippen LogP contribution >= 0.6 is 22.6 Å². The van der Waals surface area contributed by atoms with E-state index in [0.717, 1.165) is 17.4 Å². The molecule has 4 rings (SSSR count). The van der Waals surface area contributed by atoms with Crippen LogP contribution in [-0.2, 0) is 0 Å². The lowest BCUT2D eigenvalue weighted by atomic mass is 10.1. The maximum Gasteiger partial charge on any atom is 0.201 e. The van der Waals surface area contributed by atoms with Gasteiger partial charge in [0.15, 0.2) is 0 Å². The predicted octanol–water partition coefficient (Wildman–Crippen LogP) is 3.58. The van der Waals surface area contributed by atoms with Crippen LogP contribution in [0, 0.1) is 15.4 Å². The molecule has 0 radical (unpaired) electrons. The topological polar surface area (TPSA) is 43.8 Å². The van der Waals surface area contributed by atoms with Crippen LogP contribution in [0.2, 0.25) is 0 Å². The van der Waals surface area contributed by atoms with E-state index in [1.54, 1.807) is 0 Å². The molecule has 1 aromatic heterocycles. The van der Waals surface area contributed by atoms with Crippen LogP contribution in [0.25, 0.3) is 11.0 Å². The molecule has 0 amide bonds. The van der Waals surface area contributed by atoms with Gasteiger partial charge in [0, 0.05) is 9.61 Å². The third-order valence-electron chi connectivity index (χ3n) is 4.19. The number of fused-ring (bicyclic) bond motifs is 1. The van der Waals surface area contributed by atoms with Crippen LogP contribution in [-0.4, -0.2) is 9.55 Å². The van der Waals surface area contributed by atoms with Crippen molar-refractivity contribution in [2.24, 2.45) is 11.8 Å². The van der Waals surface area contributed by atoms with Crippen LogP contribution in [0.5, 0.6) is 0 Å². The number of nitrogens with two attached hydrogens (primary N) is 1. The number of aromatic nitrogens is 2. The minimum absolute atomic E-state index is 0.607. The highest BCUT2D eigenvalue weighted by Crippen LogP contribution is 2.53. The van der Waals surface area contributed by atoms with Gasteiger partial charge in [-0.1, -0.05) is 0 Å². The molecular weight excluding hydrogens is 337 g/mol. The number of nitrogens with zero attached hydrogens (tertiary/aromatic N) is 2. The molecule has 0 spiro atoms. The highest BCUT2D eigenvalue weighted by atomic mass is 127. The lowest BCUT2D eigenvalue weighted by Crippen LogP contribution is -2.15. The summed E-state index contributed by atoms with van der Waals surface area (Å²) in [7, 11) is 0. The van der Waals surface area contributed by atoms with Gasteiger partial charge in [-0.05, 0) is 78.3 Å². The van der Waals surface area contributed by atoms with E-state index >= 15 is 0 Å². The van der Waals surface area contributed by atoms with Crippen molar-refractivity contribution in [3.63, 3.8) is 0 Å². The summed E-state index contributed by atoms with van der Waals surface area (Å²) in [6.45, 7) is 0. The van der Waals surface area contributed by atoms with Gasteiger partial charge in [-0.3, -0.25) is 0 Å². The van der Waals surface area contributed by atoms with E-state index in [4.69, 9.17) is 5.73 Å². The molecule has 0 unspecified atom stereocenters. The SMILES string of the molecule is Nc1nc2cc(I)ccc2n1C(C1CC1)C1CC1. The largest absolute Gasteiger partial charge is 0.369 e. The Morgan fingerprint density at radius 1 is 1.22 bits per heavy atom. The van der Waals surface area contributed by atoms with Crippen LogP contribution in [0.1, 0.15) is 31.7 Å². The average molecular weight is 353 g/mol. The highest BCUT2D eigenvalue weighted by Gasteiger charge is 2.43. The maximum absolute atomic E-state index is 6.18. The zero-order valence-corrected chi connectivity index (χ0v) is 12.3. The molecule has 2 aliphatic carbocycles. The standard InChI is InChI=1S/C14H16IN3/c15-10-5-6-12-11(7-10)17-14(16)18(12)13(8-1-2-8)9-3-4-9/h5-9,13H,1-4H2,(H2,16,17). The van der Waals surface area contributed by atoms with Gasteiger partial charge in [0.1, 0.15) is 0 Å². The van der Waals surface area contributed by atoms with Crippen LogP contribution in [0.4, 0.5) is 5.95 Å². The highest BCUT2D eigenvalue weighted by molar-refractivity contribution is 14.1. The summed E-state index contributed by atoms with van der Waals surface area (Å²) >= 11 is 2.33. The smallest absolute Gasteiger partial charge is 0.201 e. The maximum atomic E-state index is 6.18. The number of nitrogen functional groups attached to an aromatic ring is 1. The molecule has 3 nitrogen and oxygen atoms in total. The van der Waals surface area contributed by atoms with E-state index in [9.17, 15) is 0 Å². The summed E-state index contributed by atoms with van der Waals surface area (Å²) in [5, 5.41) is 0. The second-order valence-corrected chi connectivity index (χ2v) is 6.88. The Hall–Kier alpha value is -0.780. The van der Waals surface area contributed by atoms with Gasteiger partial charge < -0.3 is 10.3 Å². The van der Waals surface area contributed by atoms with Crippen molar-refractivity contribution in [1.82, 2.24) is 9.55 Å². The predicted molar refractivity (Wildman–Crippen MR) is 81.3 cm³/mol. The summed E-state index contributed by atoms with van der Waals surface area (Å²) in [5.41, 5.74) is 8.45. The first-order valence-electron chi connectivity index (χ1n) is 6.67. The van der Waals surface area contributed by atoms with Crippen molar-refractivity contribution >= 4 is 39.6 Å². The second-order valence-electron chi connectivity index (χ2n) is 5.64. The van der Waals surface area contributed by atoms with E-state index in [1.807, 2.05) is 0 Å². The zero-order valence-electron chi connectivity index (χ0n) is 10.1. The number of hydrogen-bond donors (Lipinski definition) is 1. The van der Waals surface area contributed by atoms with Gasteiger partial charge in [-0.25, -0.2) is 4.98 Å². The Balaban J connectivity index is 1.89. The van der Waals surface area contributed by atoms with Gasteiger partial charge >= 0.3 is 0 Å². The van der Waals surface area contributed by atoms with Crippen molar-refractivity contribution in [3.8, 4) is 0 Å². The van der Waals surface area contributed by atoms with Crippen LogP contribution < -0.4 is 5.73 Å². The fourth-order valence-corrected chi connectivity index (χ4v) is 3.56. The summed E-state index contributed by atoms with van der Waals surface area (Å²) in [5.74, 6) is 2.39. The summed E-state index contributed by atoms with van der Waals surface area (Å²) < 4.78 is 3.54. The van der Waals surface area contributed by atoms with E-state index in [0.29, 0.717) is 12.0 Å². The molecule has 0 bridgehead atoms. The quantitative estimate of drug-likeness (QED) is 0.858. The molecule has 4 heteroatoms. The number of imidazole rings is 1. The molecule has 94 valence electrons. The zero-order chi connectivity index (χ0) is 12.3. The molecular formula is C14H16IN3. The lowest BCUT2D eigenvalue weighted by molar-refractivity contribution is 0.409. The van der Waals surface area contributed by atoms with Crippen molar-refractivity contribution in [1.29, 1.82) is 0 Å². The molecule has 0 atom stereocenters. The molecule has 2 aliphatic rings. The fourth-order valence-electron chi connectivity index (χ4n) is 3.09. The molecule has 2 fully saturated rings. The van der Waals surface area contributed by atoms with E-state index in [-0.39, 0.29) is 0 Å². The number of halogens is 1. The summed E-state index contributed by atoms with van der Waals surface area (Å²) in [4.78, 5) is 4.55. The van der Waals surface area contributed by atoms with Crippen molar-refractivity contribution in [3.05, 3.63) is 21.8 Å². The van der Waals surface area contributed by atoms with E-state index in [1.165, 1.54) is 34.8 Å². The number of rotatable bonds is 3. The Morgan fingerprint density at radius 3 is 2.50 bits per heavy atom. The number of anilines is 1. The first-order valence-corrected chi connectivity index (χ1v) is 7.75. The van der Waals surface area contributed by atoms with Crippen molar-refractivity contribution in [2.45, 2.75) is 31.7 Å². The Labute approximate surface area is 120 Å². The van der Waals surface area contributed by atoms with Gasteiger partial charge in [0.2, 0.25) is 5.95 Å². The first-order chi connectivity index (χ1) is 8.74. The lowest BCUT2D eigenvalue weighted by Gasteiger charge is -2.19. The number of benzene rings is 1. The molecule has 1 heterocycles. The molecule has 2 saturated carbocycles. The Morgan fingerprint density at radius 2 is 1.89 bits per heavy atom. The monoisotopic (exact) mass is 353 g/mol. The minimum atomic E-state index is 0.607. The fraction of sp³-hybridized carbons (Fsp3) is 0.500. The summed E-state index contributed by atoms with van der Waals surface area (Å²) in [6.07, 6.45) is 5.46.